The van der Waals surface area contributed by atoms with Crippen molar-refractivity contribution >= 4 is 5.91 Å². The number of hydrogen-bond acceptors (Lipinski definition) is 2. The summed E-state index contributed by atoms with van der Waals surface area (Å²) in [7, 11) is 0. The van der Waals surface area contributed by atoms with Crippen LogP contribution in [-0.4, -0.2) is 18.0 Å². The molecule has 0 saturated carbocycles. The summed E-state index contributed by atoms with van der Waals surface area (Å²) in [6, 6.07) is 3.32. The molecule has 18 heavy (non-hydrogen) atoms. The average Bonchev–Trinajstić information content (AvgIpc) is 2.12. The number of nitrogens with one attached hydrogen (secondary N) is 1. The number of halogens is 2. The van der Waals surface area contributed by atoms with E-state index < -0.39 is 17.2 Å². The molecule has 0 fully saturated rings. The second-order valence-corrected chi connectivity index (χ2v) is 5.04. The molecule has 3 nitrogen and oxygen atoms in total. The van der Waals surface area contributed by atoms with E-state index in [4.69, 9.17) is 5.73 Å². The highest BCUT2D eigenvalue weighted by molar-refractivity contribution is 5.77. The minimum absolute atomic E-state index is 0.167. The molecule has 1 rings (SSSR count). The Labute approximate surface area is 105 Å². The van der Waals surface area contributed by atoms with Gasteiger partial charge in [-0.2, -0.15) is 0 Å². The second-order valence-electron chi connectivity index (χ2n) is 5.04. The molecular formula is C13H18F2N2O. The summed E-state index contributed by atoms with van der Waals surface area (Å²) in [4.78, 5) is 11.4. The summed E-state index contributed by atoms with van der Waals surface area (Å²) in [5, 5.41) is 2.66. The monoisotopic (exact) mass is 256 g/mol. The third-order valence-corrected chi connectivity index (χ3v) is 2.27. The number of rotatable bonds is 5. The SMILES string of the molecule is CC(C)(N)CC(=O)NCCc1cc(F)cc(F)c1. The highest BCUT2D eigenvalue weighted by Gasteiger charge is 2.15. The van der Waals surface area contributed by atoms with Crippen molar-refractivity contribution in [3.8, 4) is 0 Å². The van der Waals surface area contributed by atoms with Gasteiger partial charge in [-0.1, -0.05) is 0 Å². The Morgan fingerprint density at radius 3 is 2.33 bits per heavy atom. The van der Waals surface area contributed by atoms with E-state index in [-0.39, 0.29) is 12.3 Å². The van der Waals surface area contributed by atoms with Crippen LogP contribution in [0.3, 0.4) is 0 Å². The topological polar surface area (TPSA) is 55.1 Å². The molecule has 1 aromatic rings. The van der Waals surface area contributed by atoms with E-state index in [1.54, 1.807) is 13.8 Å². The van der Waals surface area contributed by atoms with Crippen LogP contribution in [0.15, 0.2) is 18.2 Å². The van der Waals surface area contributed by atoms with Crippen molar-refractivity contribution in [2.45, 2.75) is 32.2 Å². The van der Waals surface area contributed by atoms with Crippen molar-refractivity contribution < 1.29 is 13.6 Å². The Kier molecular flexibility index (Phi) is 4.78. The van der Waals surface area contributed by atoms with Crippen LogP contribution in [0.1, 0.15) is 25.8 Å². The summed E-state index contributed by atoms with van der Waals surface area (Å²) in [6.45, 7) is 3.85. The first kappa shape index (κ1) is 14.6. The van der Waals surface area contributed by atoms with E-state index in [0.717, 1.165) is 6.07 Å². The molecule has 0 atom stereocenters. The van der Waals surface area contributed by atoms with Gasteiger partial charge in [0.2, 0.25) is 5.91 Å². The van der Waals surface area contributed by atoms with E-state index in [2.05, 4.69) is 5.32 Å². The lowest BCUT2D eigenvalue weighted by Gasteiger charge is -2.17. The van der Waals surface area contributed by atoms with Crippen molar-refractivity contribution in [1.29, 1.82) is 0 Å². The highest BCUT2D eigenvalue weighted by atomic mass is 19.1. The van der Waals surface area contributed by atoms with Crippen LogP contribution < -0.4 is 11.1 Å². The predicted molar refractivity (Wildman–Crippen MR) is 66.0 cm³/mol. The Hall–Kier alpha value is -1.49. The van der Waals surface area contributed by atoms with Crippen LogP contribution in [0.4, 0.5) is 8.78 Å². The average molecular weight is 256 g/mol. The molecule has 0 radical (unpaired) electrons. The zero-order valence-electron chi connectivity index (χ0n) is 10.6. The van der Waals surface area contributed by atoms with Crippen molar-refractivity contribution in [2.24, 2.45) is 5.73 Å². The van der Waals surface area contributed by atoms with E-state index in [1.165, 1.54) is 12.1 Å². The first-order valence-electron chi connectivity index (χ1n) is 5.77. The molecule has 0 bridgehead atoms. The van der Waals surface area contributed by atoms with Gasteiger partial charge in [0.15, 0.2) is 0 Å². The van der Waals surface area contributed by atoms with E-state index in [0.29, 0.717) is 18.5 Å². The molecule has 0 aromatic heterocycles. The lowest BCUT2D eigenvalue weighted by Crippen LogP contribution is -2.39. The molecular weight excluding hydrogens is 238 g/mol. The van der Waals surface area contributed by atoms with Crippen molar-refractivity contribution in [3.63, 3.8) is 0 Å². The van der Waals surface area contributed by atoms with E-state index in [1.807, 2.05) is 0 Å². The molecule has 5 heteroatoms. The molecule has 3 N–H and O–H groups in total. The zero-order chi connectivity index (χ0) is 13.8. The fourth-order valence-corrected chi connectivity index (χ4v) is 1.58. The minimum atomic E-state index is -0.612. The maximum absolute atomic E-state index is 12.9. The summed E-state index contributed by atoms with van der Waals surface area (Å²) >= 11 is 0. The van der Waals surface area contributed by atoms with Crippen molar-refractivity contribution in [2.75, 3.05) is 6.54 Å². The molecule has 0 spiro atoms. The van der Waals surface area contributed by atoms with Crippen LogP contribution in [0.2, 0.25) is 0 Å². The van der Waals surface area contributed by atoms with Crippen molar-refractivity contribution in [3.05, 3.63) is 35.4 Å². The number of amides is 1. The Morgan fingerprint density at radius 2 is 1.83 bits per heavy atom. The molecule has 0 saturated heterocycles. The summed E-state index contributed by atoms with van der Waals surface area (Å²) < 4.78 is 25.8. The van der Waals surface area contributed by atoms with E-state index in [9.17, 15) is 13.6 Å². The molecule has 0 aliphatic rings. The Morgan fingerprint density at radius 1 is 1.28 bits per heavy atom. The molecule has 1 amide bonds. The first-order valence-corrected chi connectivity index (χ1v) is 5.77. The normalized spacial score (nSPS) is 11.4. The molecule has 1 aromatic carbocycles. The largest absolute Gasteiger partial charge is 0.356 e. The summed E-state index contributed by atoms with van der Waals surface area (Å²) in [5.74, 6) is -1.39. The molecule has 0 heterocycles. The van der Waals surface area contributed by atoms with Crippen LogP contribution in [0.5, 0.6) is 0 Å². The summed E-state index contributed by atoms with van der Waals surface area (Å²) in [6.07, 6.45) is 0.593. The maximum Gasteiger partial charge on any atom is 0.221 e. The lowest BCUT2D eigenvalue weighted by molar-refractivity contribution is -0.121. The molecule has 0 aliphatic heterocycles. The molecule has 0 aliphatic carbocycles. The van der Waals surface area contributed by atoms with Crippen LogP contribution in [0, 0.1) is 11.6 Å². The van der Waals surface area contributed by atoms with Gasteiger partial charge in [0.25, 0.3) is 0 Å². The standard InChI is InChI=1S/C13H18F2N2O/c1-13(2,16)8-12(18)17-4-3-9-5-10(14)7-11(15)6-9/h5-7H,3-4,8,16H2,1-2H3,(H,17,18). The number of benzene rings is 1. The number of nitrogens with two attached hydrogens (primary N) is 1. The predicted octanol–water partition coefficient (Wildman–Crippen LogP) is 1.75. The van der Waals surface area contributed by atoms with Gasteiger partial charge in [-0.15, -0.1) is 0 Å². The Bertz CT molecular complexity index is 407. The minimum Gasteiger partial charge on any atom is -0.356 e. The number of carbonyl (C=O) groups is 1. The quantitative estimate of drug-likeness (QED) is 0.843. The van der Waals surface area contributed by atoms with Gasteiger partial charge in [-0.3, -0.25) is 4.79 Å². The van der Waals surface area contributed by atoms with E-state index >= 15 is 0 Å². The zero-order valence-corrected chi connectivity index (χ0v) is 10.6. The van der Waals surface area contributed by atoms with Crippen LogP contribution in [-0.2, 0) is 11.2 Å². The lowest BCUT2D eigenvalue weighted by atomic mass is 10.0. The second kappa shape index (κ2) is 5.91. The van der Waals surface area contributed by atoms with Gasteiger partial charge in [0.1, 0.15) is 11.6 Å². The maximum atomic E-state index is 12.9. The summed E-state index contributed by atoms with van der Waals surface area (Å²) in [5.41, 5.74) is 5.65. The first-order chi connectivity index (χ1) is 8.26. The fraction of sp³-hybridized carbons (Fsp3) is 0.462. The number of carbonyl (C=O) groups excluding carboxylic acids is 1. The van der Waals surface area contributed by atoms with Gasteiger partial charge in [0, 0.05) is 24.6 Å². The third kappa shape index (κ3) is 5.72. The third-order valence-electron chi connectivity index (χ3n) is 2.27. The van der Waals surface area contributed by atoms with Gasteiger partial charge in [-0.25, -0.2) is 8.78 Å². The van der Waals surface area contributed by atoms with Crippen molar-refractivity contribution in [1.82, 2.24) is 5.32 Å². The Balaban J connectivity index is 2.40. The van der Waals surface area contributed by atoms with Gasteiger partial charge in [0.05, 0.1) is 0 Å². The van der Waals surface area contributed by atoms with Crippen LogP contribution in [0.25, 0.3) is 0 Å². The fourth-order valence-electron chi connectivity index (χ4n) is 1.58. The smallest absolute Gasteiger partial charge is 0.221 e. The number of hydrogen-bond donors (Lipinski definition) is 2. The van der Waals surface area contributed by atoms with Crippen LogP contribution >= 0.6 is 0 Å². The molecule has 0 unspecified atom stereocenters. The molecule has 100 valence electrons. The van der Waals surface area contributed by atoms with Gasteiger partial charge in [-0.05, 0) is 38.0 Å². The van der Waals surface area contributed by atoms with Gasteiger partial charge >= 0.3 is 0 Å². The highest BCUT2D eigenvalue weighted by Crippen LogP contribution is 2.08. The van der Waals surface area contributed by atoms with Gasteiger partial charge < -0.3 is 11.1 Å².